The molecule has 0 aromatic heterocycles. The highest BCUT2D eigenvalue weighted by Gasteiger charge is 2.28. The van der Waals surface area contributed by atoms with Crippen LogP contribution >= 0.6 is 11.8 Å². The highest BCUT2D eigenvalue weighted by molar-refractivity contribution is 7.98. The Bertz CT molecular complexity index is 160. The lowest BCUT2D eigenvalue weighted by atomic mass is 9.91. The molecule has 1 aliphatic rings. The van der Waals surface area contributed by atoms with Crippen LogP contribution in [0.3, 0.4) is 0 Å². The minimum atomic E-state index is -0.00852. The number of hydrogen-bond donors (Lipinski definition) is 1. The van der Waals surface area contributed by atoms with Gasteiger partial charge in [0.2, 0.25) is 0 Å². The molecule has 0 amide bonds. The average Bonchev–Trinajstić information content (AvgIpc) is 2.15. The van der Waals surface area contributed by atoms with Crippen molar-refractivity contribution in [3.63, 3.8) is 0 Å². The molecule has 0 unspecified atom stereocenters. The number of hydrogen-bond acceptors (Lipinski definition) is 4. The maximum Gasteiger partial charge on any atom is 0.0484 e. The van der Waals surface area contributed by atoms with Gasteiger partial charge in [-0.2, -0.15) is 11.8 Å². The van der Waals surface area contributed by atoms with Crippen molar-refractivity contribution in [2.75, 3.05) is 45.4 Å². The maximum absolute atomic E-state index is 6.30. The number of nitrogens with zero attached hydrogens (tertiary/aromatic N) is 1. The van der Waals surface area contributed by atoms with Gasteiger partial charge in [-0.3, -0.25) is 0 Å². The predicted molar refractivity (Wildman–Crippen MR) is 62.9 cm³/mol. The van der Waals surface area contributed by atoms with Crippen LogP contribution in [-0.2, 0) is 4.74 Å². The largest absolute Gasteiger partial charge is 0.381 e. The molecule has 1 aliphatic heterocycles. The van der Waals surface area contributed by atoms with Crippen molar-refractivity contribution >= 4 is 11.8 Å². The molecule has 14 heavy (non-hydrogen) atoms. The Kier molecular flexibility index (Phi) is 5.23. The van der Waals surface area contributed by atoms with Crippen LogP contribution in [-0.4, -0.2) is 55.8 Å². The SMILES string of the molecule is CSCCN(C)CC1(N)CCOCC1. The summed E-state index contributed by atoms with van der Waals surface area (Å²) < 4.78 is 5.32. The first-order valence-corrected chi connectivity index (χ1v) is 6.60. The van der Waals surface area contributed by atoms with Crippen molar-refractivity contribution in [1.29, 1.82) is 0 Å². The van der Waals surface area contributed by atoms with Crippen molar-refractivity contribution in [2.24, 2.45) is 5.73 Å². The lowest BCUT2D eigenvalue weighted by molar-refractivity contribution is 0.0418. The molecule has 84 valence electrons. The van der Waals surface area contributed by atoms with Crippen LogP contribution in [0.1, 0.15) is 12.8 Å². The second-order valence-corrected chi connectivity index (χ2v) is 5.19. The summed E-state index contributed by atoms with van der Waals surface area (Å²) in [7, 11) is 2.15. The van der Waals surface area contributed by atoms with Gasteiger partial charge < -0.3 is 15.4 Å². The molecule has 0 atom stereocenters. The van der Waals surface area contributed by atoms with E-state index in [1.807, 2.05) is 11.8 Å². The lowest BCUT2D eigenvalue weighted by Crippen LogP contribution is -2.53. The van der Waals surface area contributed by atoms with E-state index in [1.165, 1.54) is 5.75 Å². The molecule has 0 bridgehead atoms. The smallest absolute Gasteiger partial charge is 0.0484 e. The zero-order chi connectivity index (χ0) is 10.4. The second-order valence-electron chi connectivity index (χ2n) is 4.21. The van der Waals surface area contributed by atoms with Gasteiger partial charge in [0.25, 0.3) is 0 Å². The van der Waals surface area contributed by atoms with Crippen molar-refractivity contribution in [2.45, 2.75) is 18.4 Å². The molecule has 1 rings (SSSR count). The number of nitrogens with two attached hydrogens (primary N) is 1. The van der Waals surface area contributed by atoms with E-state index in [0.717, 1.165) is 39.1 Å². The fourth-order valence-electron chi connectivity index (χ4n) is 1.80. The standard InChI is InChI=1S/C10H22N2OS/c1-12(5-8-14-2)9-10(11)3-6-13-7-4-10/h3-9,11H2,1-2H3. The molecule has 0 aromatic carbocycles. The summed E-state index contributed by atoms with van der Waals surface area (Å²) >= 11 is 1.88. The minimum absolute atomic E-state index is 0.00852. The molecule has 4 heteroatoms. The number of likely N-dealkylation sites (N-methyl/N-ethyl adjacent to an activating group) is 1. The van der Waals surface area contributed by atoms with Gasteiger partial charge in [-0.25, -0.2) is 0 Å². The Hall–Kier alpha value is 0.230. The van der Waals surface area contributed by atoms with E-state index in [2.05, 4.69) is 18.2 Å². The third kappa shape index (κ3) is 4.17. The lowest BCUT2D eigenvalue weighted by Gasteiger charge is -2.36. The third-order valence-electron chi connectivity index (χ3n) is 2.75. The normalized spacial score (nSPS) is 21.4. The molecular formula is C10H22N2OS. The Morgan fingerprint density at radius 1 is 1.43 bits per heavy atom. The summed E-state index contributed by atoms with van der Waals surface area (Å²) in [6, 6.07) is 0. The van der Waals surface area contributed by atoms with Gasteiger partial charge in [-0.15, -0.1) is 0 Å². The van der Waals surface area contributed by atoms with Crippen LogP contribution in [0.25, 0.3) is 0 Å². The quantitative estimate of drug-likeness (QED) is 0.740. The Morgan fingerprint density at radius 2 is 2.07 bits per heavy atom. The van der Waals surface area contributed by atoms with Crippen LogP contribution in [0.4, 0.5) is 0 Å². The third-order valence-corrected chi connectivity index (χ3v) is 3.34. The van der Waals surface area contributed by atoms with E-state index < -0.39 is 0 Å². The van der Waals surface area contributed by atoms with Crippen LogP contribution in [0.5, 0.6) is 0 Å². The van der Waals surface area contributed by atoms with Crippen LogP contribution < -0.4 is 5.73 Å². The van der Waals surface area contributed by atoms with E-state index in [0.29, 0.717) is 0 Å². The first kappa shape index (κ1) is 12.3. The van der Waals surface area contributed by atoms with Gasteiger partial charge in [0.05, 0.1) is 0 Å². The van der Waals surface area contributed by atoms with Crippen molar-refractivity contribution in [3.05, 3.63) is 0 Å². The Labute approximate surface area is 91.4 Å². The Balaban J connectivity index is 2.25. The van der Waals surface area contributed by atoms with E-state index >= 15 is 0 Å². The number of rotatable bonds is 5. The zero-order valence-corrected chi connectivity index (χ0v) is 10.1. The fraction of sp³-hybridized carbons (Fsp3) is 1.00. The number of thioether (sulfide) groups is 1. The molecule has 0 saturated carbocycles. The molecule has 2 N–H and O–H groups in total. The minimum Gasteiger partial charge on any atom is -0.381 e. The van der Waals surface area contributed by atoms with Crippen molar-refractivity contribution in [1.82, 2.24) is 4.90 Å². The molecule has 1 saturated heterocycles. The number of ether oxygens (including phenoxy) is 1. The van der Waals surface area contributed by atoms with Gasteiger partial charge >= 0.3 is 0 Å². The summed E-state index contributed by atoms with van der Waals surface area (Å²) in [5.74, 6) is 1.18. The maximum atomic E-state index is 6.30. The van der Waals surface area contributed by atoms with Gasteiger partial charge in [0.1, 0.15) is 0 Å². The summed E-state index contributed by atoms with van der Waals surface area (Å²) in [5, 5.41) is 0. The molecule has 3 nitrogen and oxygen atoms in total. The topological polar surface area (TPSA) is 38.5 Å². The van der Waals surface area contributed by atoms with Crippen LogP contribution in [0.15, 0.2) is 0 Å². The van der Waals surface area contributed by atoms with Crippen LogP contribution in [0.2, 0.25) is 0 Å². The van der Waals surface area contributed by atoms with Gasteiger partial charge in [-0.1, -0.05) is 0 Å². The summed E-state index contributed by atoms with van der Waals surface area (Å²) in [6.45, 7) is 3.78. The van der Waals surface area contributed by atoms with E-state index in [-0.39, 0.29) is 5.54 Å². The fourth-order valence-corrected chi connectivity index (χ4v) is 2.29. The molecule has 0 aromatic rings. The molecular weight excluding hydrogens is 196 g/mol. The summed E-state index contributed by atoms with van der Waals surface area (Å²) in [6.07, 6.45) is 4.13. The monoisotopic (exact) mass is 218 g/mol. The van der Waals surface area contributed by atoms with Crippen LogP contribution in [0, 0.1) is 0 Å². The highest BCUT2D eigenvalue weighted by Crippen LogP contribution is 2.18. The summed E-state index contributed by atoms with van der Waals surface area (Å²) in [4.78, 5) is 2.34. The Morgan fingerprint density at radius 3 is 2.64 bits per heavy atom. The molecule has 1 fully saturated rings. The van der Waals surface area contributed by atoms with Gasteiger partial charge in [-0.05, 0) is 26.1 Å². The van der Waals surface area contributed by atoms with Crippen molar-refractivity contribution in [3.8, 4) is 0 Å². The first-order valence-electron chi connectivity index (χ1n) is 5.20. The predicted octanol–water partition coefficient (Wildman–Crippen LogP) is 0.789. The molecule has 0 spiro atoms. The van der Waals surface area contributed by atoms with E-state index in [4.69, 9.17) is 10.5 Å². The van der Waals surface area contributed by atoms with E-state index in [1.54, 1.807) is 0 Å². The first-order chi connectivity index (χ1) is 6.66. The molecule has 1 heterocycles. The average molecular weight is 218 g/mol. The molecule has 0 radical (unpaired) electrons. The second kappa shape index (κ2) is 5.95. The van der Waals surface area contributed by atoms with E-state index in [9.17, 15) is 0 Å². The van der Waals surface area contributed by atoms with Crippen molar-refractivity contribution < 1.29 is 4.74 Å². The zero-order valence-electron chi connectivity index (χ0n) is 9.29. The molecule has 0 aliphatic carbocycles. The van der Waals surface area contributed by atoms with Gasteiger partial charge in [0, 0.05) is 37.6 Å². The van der Waals surface area contributed by atoms with Gasteiger partial charge in [0.15, 0.2) is 0 Å². The summed E-state index contributed by atoms with van der Waals surface area (Å²) in [5.41, 5.74) is 6.29. The highest BCUT2D eigenvalue weighted by atomic mass is 32.2.